The molecule has 0 bridgehead atoms. The van der Waals surface area contributed by atoms with Crippen molar-refractivity contribution in [2.45, 2.75) is 18.9 Å². The number of rotatable bonds is 3. The van der Waals surface area contributed by atoms with E-state index in [4.69, 9.17) is 0 Å². The van der Waals surface area contributed by atoms with Gasteiger partial charge in [-0.15, -0.1) is 0 Å². The number of hydrogen-bond donors (Lipinski definition) is 1. The zero-order chi connectivity index (χ0) is 21.3. The van der Waals surface area contributed by atoms with Crippen LogP contribution >= 0.6 is 0 Å². The van der Waals surface area contributed by atoms with Crippen molar-refractivity contribution in [2.24, 2.45) is 7.05 Å². The highest BCUT2D eigenvalue weighted by molar-refractivity contribution is 6.12. The van der Waals surface area contributed by atoms with E-state index in [0.717, 1.165) is 13.1 Å². The Morgan fingerprint density at radius 3 is 2.50 bits per heavy atom. The van der Waals surface area contributed by atoms with Gasteiger partial charge < -0.3 is 14.8 Å². The highest BCUT2D eigenvalue weighted by Gasteiger charge is 2.32. The van der Waals surface area contributed by atoms with E-state index < -0.39 is 11.4 Å². The van der Waals surface area contributed by atoms with E-state index in [1.54, 1.807) is 18.0 Å². The molecule has 152 valence electrons. The summed E-state index contributed by atoms with van der Waals surface area (Å²) in [6, 6.07) is 14.4. The number of piperidine rings is 1. The molecular weight excluding hydrogens is 383 g/mol. The van der Waals surface area contributed by atoms with Gasteiger partial charge in [-0.25, -0.2) is 4.39 Å². The minimum atomic E-state index is -0.447. The van der Waals surface area contributed by atoms with E-state index in [2.05, 4.69) is 5.32 Å². The second kappa shape index (κ2) is 8.09. The second-order valence-corrected chi connectivity index (χ2v) is 7.38. The van der Waals surface area contributed by atoms with Gasteiger partial charge in [0.1, 0.15) is 17.4 Å². The molecule has 4 rings (SSSR count). The maximum absolute atomic E-state index is 13.6. The Bertz CT molecular complexity index is 1200. The summed E-state index contributed by atoms with van der Waals surface area (Å²) in [5, 5.41) is 13.8. The quantitative estimate of drug-likeness (QED) is 0.728. The molecule has 1 aliphatic heterocycles. The van der Waals surface area contributed by atoms with Gasteiger partial charge in [0.05, 0.1) is 11.2 Å². The van der Waals surface area contributed by atoms with Crippen LogP contribution in [-0.2, 0) is 7.05 Å². The zero-order valence-corrected chi connectivity index (χ0v) is 16.6. The summed E-state index contributed by atoms with van der Waals surface area (Å²) in [5.74, 6) is -0.784. The average Bonchev–Trinajstić information content (AvgIpc) is 2.78. The minimum absolute atomic E-state index is 0.0646. The fourth-order valence-corrected chi connectivity index (χ4v) is 4.08. The predicted molar refractivity (Wildman–Crippen MR) is 113 cm³/mol. The van der Waals surface area contributed by atoms with Gasteiger partial charge in [-0.3, -0.25) is 9.59 Å². The Morgan fingerprint density at radius 1 is 1.17 bits per heavy atom. The van der Waals surface area contributed by atoms with E-state index in [1.807, 2.05) is 24.3 Å². The lowest BCUT2D eigenvalue weighted by Gasteiger charge is -2.36. The Labute approximate surface area is 173 Å². The molecule has 0 radical (unpaired) electrons. The molecule has 7 heteroatoms. The molecular formula is C23H21FN4O2. The maximum atomic E-state index is 13.6. The van der Waals surface area contributed by atoms with Crippen LogP contribution in [-0.4, -0.2) is 29.6 Å². The smallest absolute Gasteiger partial charge is 0.270 e. The number of halogens is 1. The van der Waals surface area contributed by atoms with Gasteiger partial charge in [-0.1, -0.05) is 18.2 Å². The third kappa shape index (κ3) is 3.36. The molecule has 3 aromatic rings. The maximum Gasteiger partial charge on any atom is 0.270 e. The zero-order valence-electron chi connectivity index (χ0n) is 16.6. The molecule has 1 aliphatic rings. The van der Waals surface area contributed by atoms with Gasteiger partial charge in [0.2, 0.25) is 0 Å². The summed E-state index contributed by atoms with van der Waals surface area (Å²) in [6.45, 7) is 1.45. The number of fused-ring (bicyclic) bond motifs is 1. The van der Waals surface area contributed by atoms with Gasteiger partial charge in [0, 0.05) is 24.0 Å². The van der Waals surface area contributed by atoms with Crippen LogP contribution in [0.5, 0.6) is 0 Å². The van der Waals surface area contributed by atoms with Crippen molar-refractivity contribution in [3.63, 3.8) is 0 Å². The first-order valence-electron chi connectivity index (χ1n) is 9.84. The minimum Gasteiger partial charge on any atom is -0.317 e. The number of nitrogens with zero attached hydrogens (tertiary/aromatic N) is 3. The van der Waals surface area contributed by atoms with E-state index in [1.165, 1.54) is 28.8 Å². The first kappa shape index (κ1) is 19.8. The Balaban J connectivity index is 2.00. The molecule has 1 amide bonds. The molecule has 2 aromatic carbocycles. The fraction of sp³-hybridized carbons (Fsp3) is 0.261. The van der Waals surface area contributed by atoms with Gasteiger partial charge in [0.25, 0.3) is 11.5 Å². The monoisotopic (exact) mass is 404 g/mol. The lowest BCUT2D eigenvalue weighted by molar-refractivity contribution is 0.0972. The van der Waals surface area contributed by atoms with Crippen molar-refractivity contribution in [1.82, 2.24) is 9.88 Å². The molecule has 1 N–H and O–H groups in total. The summed E-state index contributed by atoms with van der Waals surface area (Å²) in [7, 11) is 1.62. The number of aromatic nitrogens is 1. The summed E-state index contributed by atoms with van der Waals surface area (Å²) in [5.41, 5.74) is 0.769. The highest BCUT2D eigenvalue weighted by Crippen LogP contribution is 2.33. The third-order valence-corrected chi connectivity index (χ3v) is 5.61. The number of hydrogen-bond acceptors (Lipinski definition) is 4. The highest BCUT2D eigenvalue weighted by atomic mass is 19.1. The van der Waals surface area contributed by atoms with Crippen LogP contribution in [0.3, 0.4) is 0 Å². The Morgan fingerprint density at radius 2 is 1.83 bits per heavy atom. The van der Waals surface area contributed by atoms with E-state index in [-0.39, 0.29) is 17.5 Å². The third-order valence-electron chi connectivity index (χ3n) is 5.61. The standard InChI is InChI=1S/C23H21FN4O2/c1-27-20-5-3-2-4-18(20)21(19(14-25)23(27)30)28(17-10-12-26-13-11-17)22(29)15-6-8-16(24)9-7-15/h2-9,17,26H,10-13H2,1H3. The first-order chi connectivity index (χ1) is 14.5. The molecule has 30 heavy (non-hydrogen) atoms. The number of benzene rings is 2. The van der Waals surface area contributed by atoms with Crippen LogP contribution in [0.25, 0.3) is 10.9 Å². The van der Waals surface area contributed by atoms with Crippen LogP contribution in [0.1, 0.15) is 28.8 Å². The normalized spacial score (nSPS) is 14.4. The van der Waals surface area contributed by atoms with Crippen LogP contribution in [0, 0.1) is 17.1 Å². The molecule has 1 fully saturated rings. The van der Waals surface area contributed by atoms with E-state index >= 15 is 0 Å². The molecule has 6 nitrogen and oxygen atoms in total. The number of para-hydroxylation sites is 1. The van der Waals surface area contributed by atoms with Crippen LogP contribution in [0.2, 0.25) is 0 Å². The van der Waals surface area contributed by atoms with Crippen molar-refractivity contribution in [1.29, 1.82) is 5.26 Å². The lowest BCUT2D eigenvalue weighted by Crippen LogP contribution is -2.47. The van der Waals surface area contributed by atoms with Crippen molar-refractivity contribution in [3.8, 4) is 6.07 Å². The van der Waals surface area contributed by atoms with Crippen molar-refractivity contribution >= 4 is 22.5 Å². The van der Waals surface area contributed by atoms with E-state index in [9.17, 15) is 19.2 Å². The van der Waals surface area contributed by atoms with Crippen molar-refractivity contribution in [2.75, 3.05) is 18.0 Å². The predicted octanol–water partition coefficient (Wildman–Crippen LogP) is 2.95. The molecule has 0 spiro atoms. The number of pyridine rings is 1. The van der Waals surface area contributed by atoms with Crippen LogP contribution in [0.15, 0.2) is 53.3 Å². The summed E-state index contributed by atoms with van der Waals surface area (Å²) in [6.07, 6.45) is 1.36. The van der Waals surface area contributed by atoms with Crippen LogP contribution < -0.4 is 15.8 Å². The molecule has 0 saturated carbocycles. The number of nitriles is 1. The fourth-order valence-electron chi connectivity index (χ4n) is 4.08. The van der Waals surface area contributed by atoms with E-state index in [0.29, 0.717) is 35.0 Å². The number of carbonyl (C=O) groups excluding carboxylic acids is 1. The number of aryl methyl sites for hydroxylation is 1. The van der Waals surface area contributed by atoms with Crippen LogP contribution in [0.4, 0.5) is 10.1 Å². The molecule has 1 aromatic heterocycles. The summed E-state index contributed by atoms with van der Waals surface area (Å²) in [4.78, 5) is 28.2. The summed E-state index contributed by atoms with van der Waals surface area (Å²) >= 11 is 0. The first-order valence-corrected chi connectivity index (χ1v) is 9.84. The molecule has 0 atom stereocenters. The molecule has 1 saturated heterocycles. The van der Waals surface area contributed by atoms with Gasteiger partial charge >= 0.3 is 0 Å². The van der Waals surface area contributed by atoms with Crippen molar-refractivity contribution < 1.29 is 9.18 Å². The van der Waals surface area contributed by atoms with Gasteiger partial charge in [-0.2, -0.15) is 5.26 Å². The number of carbonyl (C=O) groups is 1. The summed E-state index contributed by atoms with van der Waals surface area (Å²) < 4.78 is 14.9. The molecule has 0 aliphatic carbocycles. The Kier molecular flexibility index (Phi) is 5.34. The largest absolute Gasteiger partial charge is 0.317 e. The number of anilines is 1. The van der Waals surface area contributed by atoms with Gasteiger partial charge in [-0.05, 0) is 56.3 Å². The SMILES string of the molecule is Cn1c(=O)c(C#N)c(N(C(=O)c2ccc(F)cc2)C2CCNCC2)c2ccccc21. The molecule has 0 unspecified atom stereocenters. The average molecular weight is 404 g/mol. The lowest BCUT2D eigenvalue weighted by atomic mass is 9.99. The Hall–Kier alpha value is -3.50. The number of nitrogens with one attached hydrogen (secondary N) is 1. The second-order valence-electron chi connectivity index (χ2n) is 7.38. The number of amides is 1. The van der Waals surface area contributed by atoms with Crippen molar-refractivity contribution in [3.05, 3.63) is 75.8 Å². The topological polar surface area (TPSA) is 78.1 Å². The molecule has 2 heterocycles. The van der Waals surface area contributed by atoms with Gasteiger partial charge in [0.15, 0.2) is 0 Å².